The maximum Gasteiger partial charge on any atom is 0.231 e. The Hall–Kier alpha value is -1.22. The molecule has 2 rings (SSSR count). The molecule has 1 aromatic carbocycles. The Labute approximate surface area is 92.9 Å². The van der Waals surface area contributed by atoms with E-state index in [4.69, 9.17) is 21.1 Å². The molecule has 0 bridgehead atoms. The van der Waals surface area contributed by atoms with Crippen molar-refractivity contribution in [3.8, 4) is 11.5 Å². The average molecular weight is 227 g/mol. The van der Waals surface area contributed by atoms with E-state index in [1.165, 1.54) is 0 Å². The van der Waals surface area contributed by atoms with Gasteiger partial charge in [-0.2, -0.15) is 0 Å². The molecule has 0 saturated heterocycles. The van der Waals surface area contributed by atoms with Crippen molar-refractivity contribution in [1.29, 1.82) is 0 Å². The maximum atomic E-state index is 10.9. The van der Waals surface area contributed by atoms with E-state index in [2.05, 4.69) is 0 Å². The van der Waals surface area contributed by atoms with E-state index in [0.717, 1.165) is 11.8 Å². The first-order valence-electron chi connectivity index (χ1n) is 4.60. The van der Waals surface area contributed by atoms with Crippen molar-refractivity contribution in [3.63, 3.8) is 0 Å². The lowest BCUT2D eigenvalue weighted by atomic mass is 9.86. The molecule has 1 aromatic rings. The zero-order chi connectivity index (χ0) is 11.1. The molecule has 80 valence electrons. The zero-order valence-electron chi connectivity index (χ0n) is 8.54. The van der Waals surface area contributed by atoms with Crippen molar-refractivity contribution in [3.05, 3.63) is 22.7 Å². The summed E-state index contributed by atoms with van der Waals surface area (Å²) in [5, 5.41) is 0.524. The van der Waals surface area contributed by atoms with Gasteiger partial charge < -0.3 is 14.3 Å². The minimum Gasteiger partial charge on any atom is -0.454 e. The summed E-state index contributed by atoms with van der Waals surface area (Å²) in [6, 6.07) is 3.45. The lowest BCUT2D eigenvalue weighted by Gasteiger charge is -2.19. The Morgan fingerprint density at radius 2 is 1.93 bits per heavy atom. The highest BCUT2D eigenvalue weighted by atomic mass is 35.5. The number of hydrogen-bond donors (Lipinski definition) is 0. The molecule has 3 nitrogen and oxygen atoms in total. The van der Waals surface area contributed by atoms with E-state index in [1.54, 1.807) is 12.1 Å². The second-order valence-corrected chi connectivity index (χ2v) is 4.43. The summed E-state index contributed by atoms with van der Waals surface area (Å²) in [5.74, 6) is 1.27. The van der Waals surface area contributed by atoms with Gasteiger partial charge in [-0.15, -0.1) is 0 Å². The first-order chi connectivity index (χ1) is 7.04. The number of carbonyl (C=O) groups is 1. The summed E-state index contributed by atoms with van der Waals surface area (Å²) < 4.78 is 10.4. The molecule has 0 amide bonds. The smallest absolute Gasteiger partial charge is 0.231 e. The number of fused-ring (bicyclic) bond motifs is 1. The van der Waals surface area contributed by atoms with Gasteiger partial charge in [-0.1, -0.05) is 11.6 Å². The van der Waals surface area contributed by atoms with Gasteiger partial charge in [0.25, 0.3) is 0 Å². The van der Waals surface area contributed by atoms with Crippen LogP contribution in [-0.2, 0) is 10.2 Å². The fourth-order valence-corrected chi connectivity index (χ4v) is 1.87. The molecular weight excluding hydrogens is 216 g/mol. The Kier molecular flexibility index (Phi) is 2.35. The van der Waals surface area contributed by atoms with Gasteiger partial charge in [-0.25, -0.2) is 0 Å². The van der Waals surface area contributed by atoms with Crippen molar-refractivity contribution in [2.75, 3.05) is 6.79 Å². The van der Waals surface area contributed by atoms with Gasteiger partial charge >= 0.3 is 0 Å². The van der Waals surface area contributed by atoms with Gasteiger partial charge in [0, 0.05) is 16.5 Å². The third-order valence-corrected chi connectivity index (χ3v) is 2.76. The van der Waals surface area contributed by atoms with Gasteiger partial charge in [0.1, 0.15) is 6.29 Å². The molecule has 15 heavy (non-hydrogen) atoms. The predicted molar refractivity (Wildman–Crippen MR) is 56.7 cm³/mol. The van der Waals surface area contributed by atoms with Gasteiger partial charge in [0.2, 0.25) is 6.79 Å². The average Bonchev–Trinajstić information content (AvgIpc) is 2.63. The molecular formula is C11H11ClO3. The molecule has 0 aromatic heterocycles. The molecule has 0 atom stereocenters. The third kappa shape index (κ3) is 1.67. The number of carbonyl (C=O) groups excluding carboxylic acids is 1. The summed E-state index contributed by atoms with van der Waals surface area (Å²) in [5.41, 5.74) is 0.140. The number of rotatable bonds is 2. The number of benzene rings is 1. The fraction of sp³-hybridized carbons (Fsp3) is 0.364. The van der Waals surface area contributed by atoms with Crippen molar-refractivity contribution >= 4 is 17.9 Å². The van der Waals surface area contributed by atoms with Crippen molar-refractivity contribution in [2.24, 2.45) is 0 Å². The van der Waals surface area contributed by atoms with Gasteiger partial charge in [-0.3, -0.25) is 0 Å². The first-order valence-corrected chi connectivity index (χ1v) is 4.98. The van der Waals surface area contributed by atoms with Crippen LogP contribution in [0.1, 0.15) is 19.4 Å². The van der Waals surface area contributed by atoms with Crippen LogP contribution in [0.5, 0.6) is 11.5 Å². The van der Waals surface area contributed by atoms with Crippen LogP contribution >= 0.6 is 11.6 Å². The minimum absolute atomic E-state index is 0.205. The number of aldehydes is 1. The lowest BCUT2D eigenvalue weighted by Crippen LogP contribution is -2.19. The van der Waals surface area contributed by atoms with E-state index >= 15 is 0 Å². The second kappa shape index (κ2) is 3.42. The molecule has 0 N–H and O–H groups in total. The molecule has 1 aliphatic rings. The Balaban J connectivity index is 2.54. The van der Waals surface area contributed by atoms with Gasteiger partial charge in [0.05, 0.1) is 0 Å². The molecule has 0 fully saturated rings. The normalized spacial score (nSPS) is 14.1. The molecule has 0 radical (unpaired) electrons. The Morgan fingerprint density at radius 3 is 2.53 bits per heavy atom. The van der Waals surface area contributed by atoms with Crippen LogP contribution in [0.4, 0.5) is 0 Å². The van der Waals surface area contributed by atoms with Crippen LogP contribution in [-0.4, -0.2) is 13.1 Å². The summed E-state index contributed by atoms with van der Waals surface area (Å²) in [6.07, 6.45) is 0.871. The predicted octanol–water partition coefficient (Wildman–Crippen LogP) is 2.55. The number of ether oxygens (including phenoxy) is 2. The fourth-order valence-electron chi connectivity index (χ4n) is 1.47. The molecule has 0 aliphatic carbocycles. The maximum absolute atomic E-state index is 10.9. The van der Waals surface area contributed by atoms with Crippen LogP contribution in [0, 0.1) is 0 Å². The second-order valence-electron chi connectivity index (χ2n) is 4.02. The minimum atomic E-state index is -0.613. The van der Waals surface area contributed by atoms with Crippen LogP contribution in [0.25, 0.3) is 0 Å². The molecule has 0 unspecified atom stereocenters. The Morgan fingerprint density at radius 1 is 1.33 bits per heavy atom. The summed E-state index contributed by atoms with van der Waals surface area (Å²) >= 11 is 6.08. The highest BCUT2D eigenvalue weighted by Gasteiger charge is 2.26. The van der Waals surface area contributed by atoms with Crippen LogP contribution < -0.4 is 9.47 Å². The van der Waals surface area contributed by atoms with E-state index in [1.807, 2.05) is 13.8 Å². The quantitative estimate of drug-likeness (QED) is 0.727. The monoisotopic (exact) mass is 226 g/mol. The van der Waals surface area contributed by atoms with E-state index in [9.17, 15) is 4.79 Å². The number of halogens is 1. The van der Waals surface area contributed by atoms with E-state index < -0.39 is 5.41 Å². The van der Waals surface area contributed by atoms with E-state index in [-0.39, 0.29) is 6.79 Å². The standard InChI is InChI=1S/C11H11ClO3/c1-11(2,5-13)7-3-9-10(4-8(7)12)15-6-14-9/h3-5H,6H2,1-2H3. The highest BCUT2D eigenvalue weighted by molar-refractivity contribution is 6.32. The molecule has 1 aliphatic heterocycles. The van der Waals surface area contributed by atoms with Gasteiger partial charge in [0.15, 0.2) is 11.5 Å². The van der Waals surface area contributed by atoms with Crippen LogP contribution in [0.3, 0.4) is 0 Å². The van der Waals surface area contributed by atoms with E-state index in [0.29, 0.717) is 16.5 Å². The number of hydrogen-bond acceptors (Lipinski definition) is 3. The summed E-state index contributed by atoms with van der Waals surface area (Å²) in [7, 11) is 0. The molecule has 4 heteroatoms. The lowest BCUT2D eigenvalue weighted by molar-refractivity contribution is -0.111. The molecule has 0 saturated carbocycles. The van der Waals surface area contributed by atoms with Gasteiger partial charge in [-0.05, 0) is 25.5 Å². The summed E-state index contributed by atoms with van der Waals surface area (Å²) in [6.45, 7) is 3.82. The van der Waals surface area contributed by atoms with Crippen LogP contribution in [0.2, 0.25) is 5.02 Å². The largest absolute Gasteiger partial charge is 0.454 e. The summed E-state index contributed by atoms with van der Waals surface area (Å²) in [4.78, 5) is 10.9. The molecule has 0 spiro atoms. The SMILES string of the molecule is CC(C)(C=O)c1cc2c(cc1Cl)OCO2. The molecule has 1 heterocycles. The van der Waals surface area contributed by atoms with Crippen LogP contribution in [0.15, 0.2) is 12.1 Å². The topological polar surface area (TPSA) is 35.5 Å². The highest BCUT2D eigenvalue weighted by Crippen LogP contribution is 2.40. The van der Waals surface area contributed by atoms with Crippen molar-refractivity contribution in [2.45, 2.75) is 19.3 Å². The third-order valence-electron chi connectivity index (χ3n) is 2.45. The Bertz CT molecular complexity index is 413. The van der Waals surface area contributed by atoms with Crippen molar-refractivity contribution in [1.82, 2.24) is 0 Å². The van der Waals surface area contributed by atoms with Crippen molar-refractivity contribution < 1.29 is 14.3 Å². The first kappa shape index (κ1) is 10.3. The zero-order valence-corrected chi connectivity index (χ0v) is 9.30.